The largest absolute Gasteiger partial charge is 0.0625 e. The fraction of sp³-hybridized carbons (Fsp3) is 1.00. The zero-order valence-corrected chi connectivity index (χ0v) is 16.2. The molecule has 0 aliphatic carbocycles. The summed E-state index contributed by atoms with van der Waals surface area (Å²) in [4.78, 5) is 0. The lowest BCUT2D eigenvalue weighted by Gasteiger charge is -2.39. The maximum atomic E-state index is 2.49. The van der Waals surface area contributed by atoms with Crippen LogP contribution in [0, 0.1) is 53.3 Å². The molecule has 0 aliphatic heterocycles. The van der Waals surface area contributed by atoms with Crippen molar-refractivity contribution in [3.63, 3.8) is 0 Å². The van der Waals surface area contributed by atoms with Gasteiger partial charge < -0.3 is 0 Å². The third-order valence-electron chi connectivity index (χ3n) is 7.08. The molecular weight excluding hydrogens is 240 g/mol. The Kier molecular flexibility index (Phi) is 8.44. The number of hydrogen-bond donors (Lipinski definition) is 0. The number of hydrogen-bond acceptors (Lipinski definition) is 0. The lowest BCUT2D eigenvalue weighted by Crippen LogP contribution is -2.33. The quantitative estimate of drug-likeness (QED) is 0.462. The smallest absolute Gasteiger partial charge is 0.0386 e. The zero-order valence-electron chi connectivity index (χ0n) is 16.2. The monoisotopic (exact) mass is 282 g/mol. The second kappa shape index (κ2) is 8.44. The highest BCUT2D eigenvalue weighted by Gasteiger charge is 2.32. The summed E-state index contributed by atoms with van der Waals surface area (Å²) in [5.74, 6) is 7.28. The van der Waals surface area contributed by atoms with Crippen molar-refractivity contribution >= 4 is 0 Å². The third-order valence-corrected chi connectivity index (χ3v) is 7.08. The van der Waals surface area contributed by atoms with E-state index in [0.29, 0.717) is 0 Å². The van der Waals surface area contributed by atoms with Crippen molar-refractivity contribution in [2.24, 2.45) is 53.3 Å². The molecular formula is C20H42. The van der Waals surface area contributed by atoms with Gasteiger partial charge in [-0.15, -0.1) is 0 Å². The van der Waals surface area contributed by atoms with Crippen molar-refractivity contribution in [2.75, 3.05) is 0 Å². The molecule has 0 heterocycles. The van der Waals surface area contributed by atoms with E-state index in [0.717, 1.165) is 53.3 Å². The van der Waals surface area contributed by atoms with E-state index >= 15 is 0 Å². The lowest BCUT2D eigenvalue weighted by atomic mass is 9.66. The van der Waals surface area contributed by atoms with Crippen molar-refractivity contribution in [1.29, 1.82) is 0 Å². The molecule has 0 fully saturated rings. The lowest BCUT2D eigenvalue weighted by molar-refractivity contribution is 0.0954. The second-order valence-electron chi connectivity index (χ2n) is 8.50. The molecule has 0 aromatic rings. The summed E-state index contributed by atoms with van der Waals surface area (Å²) in [7, 11) is 0. The van der Waals surface area contributed by atoms with E-state index in [1.54, 1.807) is 0 Å². The Morgan fingerprint density at radius 1 is 0.250 bits per heavy atom. The zero-order chi connectivity index (χ0) is 16.2. The minimum atomic E-state index is 0.793. The Morgan fingerprint density at radius 2 is 0.400 bits per heavy atom. The maximum Gasteiger partial charge on any atom is -0.0386 e. The minimum absolute atomic E-state index is 0.793. The molecule has 0 rings (SSSR count). The predicted octanol–water partition coefficient (Wildman–Crippen LogP) is 6.75. The van der Waals surface area contributed by atoms with Crippen LogP contribution in [0.25, 0.3) is 0 Å². The molecule has 0 amide bonds. The van der Waals surface area contributed by atoms with Crippen LogP contribution in [0.15, 0.2) is 0 Å². The molecule has 0 aliphatic rings. The highest BCUT2D eigenvalue weighted by Crippen LogP contribution is 2.39. The molecule has 0 spiro atoms. The number of rotatable bonds is 8. The van der Waals surface area contributed by atoms with Crippen LogP contribution in [0.5, 0.6) is 0 Å². The van der Waals surface area contributed by atoms with Gasteiger partial charge in [0.1, 0.15) is 0 Å². The molecule has 20 heavy (non-hydrogen) atoms. The maximum absolute atomic E-state index is 2.49. The normalized spacial score (nSPS) is 23.2. The van der Waals surface area contributed by atoms with E-state index in [1.807, 2.05) is 0 Å². The summed E-state index contributed by atoms with van der Waals surface area (Å²) < 4.78 is 0. The molecule has 0 aromatic carbocycles. The highest BCUT2D eigenvalue weighted by atomic mass is 14.4. The highest BCUT2D eigenvalue weighted by molar-refractivity contribution is 4.81. The molecule has 0 bridgehead atoms. The van der Waals surface area contributed by atoms with Crippen molar-refractivity contribution in [3.05, 3.63) is 0 Å². The van der Waals surface area contributed by atoms with Gasteiger partial charge >= 0.3 is 0 Å². The van der Waals surface area contributed by atoms with Gasteiger partial charge in [-0.1, -0.05) is 76.2 Å². The standard InChI is InChI=1S/C20H42/c1-12(2)14(5)16(7)18(9)20(11)19(10)17(8)15(6)13(3)4/h12-20H,1-11H3. The van der Waals surface area contributed by atoms with Gasteiger partial charge in [0.2, 0.25) is 0 Å². The van der Waals surface area contributed by atoms with Gasteiger partial charge in [-0.25, -0.2) is 0 Å². The van der Waals surface area contributed by atoms with E-state index in [9.17, 15) is 0 Å². The summed E-state index contributed by atoms with van der Waals surface area (Å²) in [5, 5.41) is 0. The Labute approximate surface area is 130 Å². The average Bonchev–Trinajstić information content (AvgIpc) is 2.40. The van der Waals surface area contributed by atoms with E-state index < -0.39 is 0 Å². The molecule has 122 valence electrons. The fourth-order valence-corrected chi connectivity index (χ4v) is 3.61. The van der Waals surface area contributed by atoms with E-state index in [-0.39, 0.29) is 0 Å². The first-order valence-corrected chi connectivity index (χ1v) is 9.02. The van der Waals surface area contributed by atoms with Crippen LogP contribution in [0.4, 0.5) is 0 Å². The van der Waals surface area contributed by atoms with Crippen LogP contribution in [-0.4, -0.2) is 0 Å². The van der Waals surface area contributed by atoms with Crippen LogP contribution < -0.4 is 0 Å². The van der Waals surface area contributed by atoms with Crippen molar-refractivity contribution < 1.29 is 0 Å². The van der Waals surface area contributed by atoms with Crippen molar-refractivity contribution in [2.45, 2.75) is 76.2 Å². The SMILES string of the molecule is CC(C)C(C)C(C)C(C)C(C)C(C)C(C)C(C)C(C)C. The van der Waals surface area contributed by atoms with Crippen molar-refractivity contribution in [3.8, 4) is 0 Å². The van der Waals surface area contributed by atoms with Crippen LogP contribution in [0.2, 0.25) is 0 Å². The molecule has 0 nitrogen and oxygen atoms in total. The molecule has 0 aromatic heterocycles. The second-order valence-corrected chi connectivity index (χ2v) is 8.50. The topological polar surface area (TPSA) is 0 Å². The van der Waals surface area contributed by atoms with Gasteiger partial charge in [-0.05, 0) is 53.3 Å². The van der Waals surface area contributed by atoms with Gasteiger partial charge in [0.15, 0.2) is 0 Å². The van der Waals surface area contributed by atoms with Gasteiger partial charge in [0, 0.05) is 0 Å². The summed E-state index contributed by atoms with van der Waals surface area (Å²) in [6, 6.07) is 0. The van der Waals surface area contributed by atoms with Crippen LogP contribution in [-0.2, 0) is 0 Å². The molecule has 0 radical (unpaired) electrons. The van der Waals surface area contributed by atoms with Crippen molar-refractivity contribution in [1.82, 2.24) is 0 Å². The average molecular weight is 283 g/mol. The van der Waals surface area contributed by atoms with Gasteiger partial charge in [-0.3, -0.25) is 0 Å². The van der Waals surface area contributed by atoms with Gasteiger partial charge in [0.25, 0.3) is 0 Å². The summed E-state index contributed by atoms with van der Waals surface area (Å²) in [6.45, 7) is 26.7. The molecule has 0 heteroatoms. The Morgan fingerprint density at radius 3 is 0.550 bits per heavy atom. The fourth-order valence-electron chi connectivity index (χ4n) is 3.61. The van der Waals surface area contributed by atoms with Gasteiger partial charge in [-0.2, -0.15) is 0 Å². The summed E-state index contributed by atoms with van der Waals surface area (Å²) in [6.07, 6.45) is 0. The molecule has 6 atom stereocenters. The Balaban J connectivity index is 4.75. The van der Waals surface area contributed by atoms with Crippen LogP contribution >= 0.6 is 0 Å². The first-order valence-electron chi connectivity index (χ1n) is 9.02. The Hall–Kier alpha value is 0. The molecule has 6 unspecified atom stereocenters. The van der Waals surface area contributed by atoms with E-state index in [1.165, 1.54) is 0 Å². The Bertz CT molecular complexity index is 227. The molecule has 0 saturated heterocycles. The van der Waals surface area contributed by atoms with E-state index in [2.05, 4.69) is 76.2 Å². The van der Waals surface area contributed by atoms with E-state index in [4.69, 9.17) is 0 Å². The van der Waals surface area contributed by atoms with Crippen LogP contribution in [0.3, 0.4) is 0 Å². The first kappa shape index (κ1) is 20.0. The minimum Gasteiger partial charge on any atom is -0.0625 e. The summed E-state index contributed by atoms with van der Waals surface area (Å²) in [5.41, 5.74) is 0. The first-order chi connectivity index (χ1) is 9.02. The third kappa shape index (κ3) is 5.08. The molecule has 0 N–H and O–H groups in total. The summed E-state index contributed by atoms with van der Waals surface area (Å²) >= 11 is 0. The predicted molar refractivity (Wildman–Crippen MR) is 93.8 cm³/mol. The van der Waals surface area contributed by atoms with Gasteiger partial charge in [0.05, 0.1) is 0 Å². The van der Waals surface area contributed by atoms with Crippen LogP contribution in [0.1, 0.15) is 76.2 Å². The molecule has 0 saturated carbocycles.